The maximum absolute atomic E-state index is 13.0. The van der Waals surface area contributed by atoms with E-state index in [0.29, 0.717) is 4.90 Å². The molecule has 0 aliphatic carbocycles. The summed E-state index contributed by atoms with van der Waals surface area (Å²) in [5, 5.41) is 26.3. The highest BCUT2D eigenvalue weighted by Crippen LogP contribution is 2.29. The zero-order valence-electron chi connectivity index (χ0n) is 8.92. The molecule has 1 rings (SSSR count). The van der Waals surface area contributed by atoms with Crippen molar-refractivity contribution in [3.8, 4) is 0 Å². The number of amides is 2. The van der Waals surface area contributed by atoms with Crippen LogP contribution >= 0.6 is 0 Å². The number of hydrogen-bond acceptors (Lipinski definition) is 3. The van der Waals surface area contributed by atoms with Gasteiger partial charge in [0.2, 0.25) is 5.54 Å². The molecule has 3 N–H and O–H groups in total. The maximum Gasteiger partial charge on any atom is 0.408 e. The molecule has 1 heterocycles. The van der Waals surface area contributed by atoms with E-state index in [1.54, 1.807) is 0 Å². The highest BCUT2D eigenvalue weighted by atomic mass is 19.3. The zero-order chi connectivity index (χ0) is 14.1. The Kier molecular flexibility index (Phi) is 3.58. The molecule has 1 aliphatic heterocycles. The van der Waals surface area contributed by atoms with E-state index >= 15 is 0 Å². The third-order valence-corrected chi connectivity index (χ3v) is 2.74. The van der Waals surface area contributed by atoms with Crippen LogP contribution in [0.2, 0.25) is 0 Å². The van der Waals surface area contributed by atoms with Gasteiger partial charge in [-0.3, -0.25) is 4.90 Å². The number of carboxylic acid groups (broad SMARTS) is 3. The summed E-state index contributed by atoms with van der Waals surface area (Å²) in [6, 6.07) is 0. The van der Waals surface area contributed by atoms with Crippen molar-refractivity contribution in [2.45, 2.75) is 12.0 Å². The van der Waals surface area contributed by atoms with E-state index in [9.17, 15) is 23.2 Å². The second-order valence-corrected chi connectivity index (χ2v) is 3.67. The summed E-state index contributed by atoms with van der Waals surface area (Å²) in [6.07, 6.45) is -6.96. The van der Waals surface area contributed by atoms with Crippen LogP contribution in [0, 0.1) is 0 Å². The van der Waals surface area contributed by atoms with Crippen LogP contribution < -0.4 is 0 Å². The summed E-state index contributed by atoms with van der Waals surface area (Å²) in [6.45, 7) is -2.09. The molecule has 8 nitrogen and oxygen atoms in total. The van der Waals surface area contributed by atoms with Crippen molar-refractivity contribution >= 4 is 18.2 Å². The van der Waals surface area contributed by atoms with Crippen molar-refractivity contribution in [1.29, 1.82) is 0 Å². The minimum absolute atomic E-state index is 0.0689. The molecule has 1 unspecified atom stereocenters. The molecule has 1 atom stereocenters. The van der Waals surface area contributed by atoms with Gasteiger partial charge < -0.3 is 20.2 Å². The Bertz CT molecular complexity index is 390. The SMILES string of the molecule is O=C(O)N1CCN(C(=O)O)C(C(=O)O)(C(F)F)C1. The Morgan fingerprint density at radius 1 is 1.06 bits per heavy atom. The van der Waals surface area contributed by atoms with Crippen LogP contribution in [0.15, 0.2) is 0 Å². The van der Waals surface area contributed by atoms with Crippen LogP contribution in [0.4, 0.5) is 18.4 Å². The van der Waals surface area contributed by atoms with Crippen molar-refractivity contribution in [3.63, 3.8) is 0 Å². The van der Waals surface area contributed by atoms with Gasteiger partial charge in [0.1, 0.15) is 0 Å². The van der Waals surface area contributed by atoms with Crippen LogP contribution in [0.25, 0.3) is 0 Å². The lowest BCUT2D eigenvalue weighted by Crippen LogP contribution is -2.71. The van der Waals surface area contributed by atoms with Crippen LogP contribution in [-0.2, 0) is 4.79 Å². The zero-order valence-corrected chi connectivity index (χ0v) is 8.92. The quantitative estimate of drug-likeness (QED) is 0.651. The first-order valence-electron chi connectivity index (χ1n) is 4.73. The summed E-state index contributed by atoms with van der Waals surface area (Å²) in [4.78, 5) is 33.0. The standard InChI is InChI=1S/C8H10F2N2O6/c9-4(10)8(5(13)14)3-11(6(15)16)1-2-12(8)7(17)18/h4H,1-3H2,(H,13,14)(H,15,16)(H,17,18). The Morgan fingerprint density at radius 3 is 1.94 bits per heavy atom. The molecule has 1 fully saturated rings. The van der Waals surface area contributed by atoms with Crippen LogP contribution in [0.5, 0.6) is 0 Å². The molecule has 10 heteroatoms. The van der Waals surface area contributed by atoms with E-state index in [0.717, 1.165) is 0 Å². The second-order valence-electron chi connectivity index (χ2n) is 3.67. The van der Waals surface area contributed by atoms with Gasteiger partial charge in [0.05, 0.1) is 6.54 Å². The number of carbonyl (C=O) groups is 3. The average molecular weight is 268 g/mol. The smallest absolute Gasteiger partial charge is 0.408 e. The fourth-order valence-corrected chi connectivity index (χ4v) is 1.77. The lowest BCUT2D eigenvalue weighted by molar-refractivity contribution is -0.167. The van der Waals surface area contributed by atoms with Gasteiger partial charge in [-0.25, -0.2) is 23.2 Å². The van der Waals surface area contributed by atoms with E-state index in [2.05, 4.69) is 0 Å². The van der Waals surface area contributed by atoms with Gasteiger partial charge >= 0.3 is 18.2 Å². The van der Waals surface area contributed by atoms with Gasteiger partial charge in [0.25, 0.3) is 6.43 Å². The number of alkyl halides is 2. The molecule has 0 aromatic heterocycles. The summed E-state index contributed by atoms with van der Waals surface area (Å²) >= 11 is 0. The van der Waals surface area contributed by atoms with E-state index in [4.69, 9.17) is 15.3 Å². The van der Waals surface area contributed by atoms with E-state index in [1.165, 1.54) is 0 Å². The van der Waals surface area contributed by atoms with Crippen molar-refractivity contribution in [3.05, 3.63) is 0 Å². The molecule has 2 amide bonds. The molecule has 1 aliphatic rings. The fourth-order valence-electron chi connectivity index (χ4n) is 1.77. The molecule has 0 aromatic carbocycles. The summed E-state index contributed by atoms with van der Waals surface area (Å²) in [7, 11) is 0. The number of hydrogen-bond donors (Lipinski definition) is 3. The van der Waals surface area contributed by atoms with Crippen molar-refractivity contribution in [2.24, 2.45) is 0 Å². The highest BCUT2D eigenvalue weighted by molar-refractivity contribution is 5.86. The molecule has 0 saturated carbocycles. The molecule has 0 aromatic rings. The number of halogens is 2. The number of rotatable bonds is 2. The molecule has 102 valence electrons. The monoisotopic (exact) mass is 268 g/mol. The van der Waals surface area contributed by atoms with Gasteiger partial charge in [-0.2, -0.15) is 0 Å². The predicted molar refractivity (Wildman–Crippen MR) is 50.7 cm³/mol. The third kappa shape index (κ3) is 2.00. The average Bonchev–Trinajstić information content (AvgIpc) is 2.26. The van der Waals surface area contributed by atoms with Gasteiger partial charge in [-0.1, -0.05) is 0 Å². The normalized spacial score (nSPS) is 24.2. The highest BCUT2D eigenvalue weighted by Gasteiger charge is 2.58. The van der Waals surface area contributed by atoms with Crippen LogP contribution in [-0.4, -0.2) is 74.9 Å². The maximum atomic E-state index is 13.0. The number of carboxylic acids is 1. The molecular formula is C8H10F2N2O6. The molecule has 1 saturated heterocycles. The third-order valence-electron chi connectivity index (χ3n) is 2.74. The Morgan fingerprint density at radius 2 is 1.61 bits per heavy atom. The first kappa shape index (κ1) is 13.9. The lowest BCUT2D eigenvalue weighted by Gasteiger charge is -2.44. The second kappa shape index (κ2) is 4.63. The molecular weight excluding hydrogens is 258 g/mol. The Hall–Kier alpha value is -2.13. The van der Waals surface area contributed by atoms with Crippen molar-refractivity contribution < 1.29 is 38.5 Å². The Labute approximate surface area is 99.0 Å². The topological polar surface area (TPSA) is 118 Å². The molecule has 0 radical (unpaired) electrons. The molecule has 18 heavy (non-hydrogen) atoms. The number of piperazine rings is 1. The first-order chi connectivity index (χ1) is 8.23. The van der Waals surface area contributed by atoms with Crippen molar-refractivity contribution in [1.82, 2.24) is 9.80 Å². The van der Waals surface area contributed by atoms with Crippen LogP contribution in [0.1, 0.15) is 0 Å². The first-order valence-corrected chi connectivity index (χ1v) is 4.73. The van der Waals surface area contributed by atoms with E-state index in [-0.39, 0.29) is 11.4 Å². The van der Waals surface area contributed by atoms with Gasteiger partial charge in [-0.05, 0) is 0 Å². The number of nitrogens with zero attached hydrogens (tertiary/aromatic N) is 2. The molecule has 0 spiro atoms. The Balaban J connectivity index is 3.21. The van der Waals surface area contributed by atoms with Crippen LogP contribution in [0.3, 0.4) is 0 Å². The largest absolute Gasteiger partial charge is 0.479 e. The van der Waals surface area contributed by atoms with Gasteiger partial charge in [-0.15, -0.1) is 0 Å². The predicted octanol–water partition coefficient (Wildman–Crippen LogP) is 0.0485. The number of aliphatic carboxylic acids is 1. The summed E-state index contributed by atoms with van der Waals surface area (Å²) < 4.78 is 25.9. The minimum atomic E-state index is -3.55. The van der Waals surface area contributed by atoms with Gasteiger partial charge in [0, 0.05) is 13.1 Å². The molecule has 0 bridgehead atoms. The summed E-state index contributed by atoms with van der Waals surface area (Å²) in [5.41, 5.74) is -3.07. The van der Waals surface area contributed by atoms with E-state index in [1.807, 2.05) is 0 Å². The van der Waals surface area contributed by atoms with Crippen molar-refractivity contribution in [2.75, 3.05) is 19.6 Å². The van der Waals surface area contributed by atoms with E-state index < -0.39 is 43.2 Å². The summed E-state index contributed by atoms with van der Waals surface area (Å²) in [5.74, 6) is -2.08. The minimum Gasteiger partial charge on any atom is -0.479 e. The van der Waals surface area contributed by atoms with Gasteiger partial charge in [0.15, 0.2) is 0 Å². The fraction of sp³-hybridized carbons (Fsp3) is 0.625. The lowest BCUT2D eigenvalue weighted by atomic mass is 9.94.